The zero-order valence-corrected chi connectivity index (χ0v) is 18.1. The lowest BCUT2D eigenvalue weighted by Gasteiger charge is -2.32. The van der Waals surface area contributed by atoms with Gasteiger partial charge in [0.2, 0.25) is 5.91 Å². The molecule has 0 spiro atoms. The van der Waals surface area contributed by atoms with Crippen LogP contribution in [-0.4, -0.2) is 28.3 Å². The van der Waals surface area contributed by atoms with Crippen molar-refractivity contribution in [2.45, 2.75) is 50.1 Å². The van der Waals surface area contributed by atoms with Crippen LogP contribution in [0.5, 0.6) is 0 Å². The van der Waals surface area contributed by atoms with Gasteiger partial charge < -0.3 is 5.32 Å². The van der Waals surface area contributed by atoms with Gasteiger partial charge in [0.05, 0.1) is 16.5 Å². The van der Waals surface area contributed by atoms with E-state index >= 15 is 0 Å². The smallest absolute Gasteiger partial charge is 0.259 e. The third kappa shape index (κ3) is 4.26. The Labute approximate surface area is 186 Å². The van der Waals surface area contributed by atoms with E-state index in [9.17, 15) is 9.59 Å². The normalized spacial score (nSPS) is 22.8. The Hall–Kier alpha value is -2.30. The number of hydrogen-bond acceptors (Lipinski definition) is 3. The summed E-state index contributed by atoms with van der Waals surface area (Å²) in [6.45, 7) is 0. The maximum atomic E-state index is 13.6. The molecular formula is C24H24Cl2N2O2. The SMILES string of the molecule is O=C1C[C@](/C=C/c2ccccc2)(Nc2ccc(Cl)c(Cl)c2)C(=O)N1C1CCCCC1. The van der Waals surface area contributed by atoms with Crippen molar-refractivity contribution in [1.82, 2.24) is 4.90 Å². The van der Waals surface area contributed by atoms with Gasteiger partial charge in [-0.2, -0.15) is 0 Å². The van der Waals surface area contributed by atoms with Gasteiger partial charge >= 0.3 is 0 Å². The minimum absolute atomic E-state index is 0.0126. The molecule has 1 atom stereocenters. The van der Waals surface area contributed by atoms with E-state index in [4.69, 9.17) is 23.2 Å². The molecule has 0 radical (unpaired) electrons. The number of imide groups is 1. The number of nitrogens with one attached hydrogen (secondary N) is 1. The Morgan fingerprint density at radius 3 is 2.40 bits per heavy atom. The number of carbonyl (C=O) groups is 2. The van der Waals surface area contributed by atoms with Crippen LogP contribution in [0.2, 0.25) is 10.0 Å². The third-order valence-corrected chi connectivity index (χ3v) is 6.62. The summed E-state index contributed by atoms with van der Waals surface area (Å²) >= 11 is 12.2. The van der Waals surface area contributed by atoms with Crippen LogP contribution in [0, 0.1) is 0 Å². The molecule has 1 saturated heterocycles. The van der Waals surface area contributed by atoms with Crippen LogP contribution in [-0.2, 0) is 9.59 Å². The van der Waals surface area contributed by atoms with Crippen LogP contribution in [0.1, 0.15) is 44.1 Å². The third-order valence-electron chi connectivity index (χ3n) is 5.89. The van der Waals surface area contributed by atoms with Gasteiger partial charge in [-0.05, 0) is 42.7 Å². The number of benzene rings is 2. The molecule has 2 fully saturated rings. The fourth-order valence-corrected chi connectivity index (χ4v) is 4.64. The number of nitrogens with zero attached hydrogens (tertiary/aromatic N) is 1. The molecule has 4 nitrogen and oxygen atoms in total. The van der Waals surface area contributed by atoms with Crippen LogP contribution in [0.15, 0.2) is 54.6 Å². The van der Waals surface area contributed by atoms with Gasteiger partial charge in [0.1, 0.15) is 5.54 Å². The lowest BCUT2D eigenvalue weighted by Crippen LogP contribution is -2.48. The lowest BCUT2D eigenvalue weighted by atomic mass is 9.93. The second-order valence-corrected chi connectivity index (χ2v) is 8.82. The maximum Gasteiger partial charge on any atom is 0.259 e. The molecule has 0 aromatic heterocycles. The summed E-state index contributed by atoms with van der Waals surface area (Å²) in [5.41, 5.74) is 0.458. The Balaban J connectivity index is 1.69. The van der Waals surface area contributed by atoms with Crippen LogP contribution in [0.25, 0.3) is 6.08 Å². The topological polar surface area (TPSA) is 49.4 Å². The summed E-state index contributed by atoms with van der Waals surface area (Å²) in [5, 5.41) is 4.13. The van der Waals surface area contributed by atoms with E-state index < -0.39 is 5.54 Å². The predicted octanol–water partition coefficient (Wildman–Crippen LogP) is 5.95. The highest BCUT2D eigenvalue weighted by molar-refractivity contribution is 6.42. The molecular weight excluding hydrogens is 419 g/mol. The van der Waals surface area contributed by atoms with E-state index in [1.54, 1.807) is 18.2 Å². The van der Waals surface area contributed by atoms with Crippen LogP contribution < -0.4 is 5.32 Å². The Kier molecular flexibility index (Phi) is 6.16. The molecule has 6 heteroatoms. The van der Waals surface area contributed by atoms with Gasteiger partial charge in [0.15, 0.2) is 0 Å². The summed E-state index contributed by atoms with van der Waals surface area (Å²) in [6.07, 6.45) is 8.79. The molecule has 2 aromatic rings. The number of hydrogen-bond donors (Lipinski definition) is 1. The van der Waals surface area contributed by atoms with Gasteiger partial charge in [-0.1, -0.05) is 78.9 Å². The fourth-order valence-electron chi connectivity index (χ4n) is 4.34. The Morgan fingerprint density at radius 1 is 0.967 bits per heavy atom. The average Bonchev–Trinajstić information content (AvgIpc) is 3.00. The second kappa shape index (κ2) is 8.83. The van der Waals surface area contributed by atoms with Gasteiger partial charge in [-0.3, -0.25) is 14.5 Å². The molecule has 2 amide bonds. The molecule has 1 N–H and O–H groups in total. The summed E-state index contributed by atoms with van der Waals surface area (Å²) < 4.78 is 0. The van der Waals surface area contributed by atoms with Crippen LogP contribution in [0.3, 0.4) is 0 Å². The van der Waals surface area contributed by atoms with E-state index in [-0.39, 0.29) is 24.3 Å². The lowest BCUT2D eigenvalue weighted by molar-refractivity contribution is -0.142. The second-order valence-electron chi connectivity index (χ2n) is 8.01. The Morgan fingerprint density at radius 2 is 1.70 bits per heavy atom. The minimum Gasteiger partial charge on any atom is -0.368 e. The van der Waals surface area contributed by atoms with E-state index in [0.29, 0.717) is 15.7 Å². The van der Waals surface area contributed by atoms with Gasteiger partial charge in [-0.25, -0.2) is 0 Å². The molecule has 0 unspecified atom stereocenters. The van der Waals surface area contributed by atoms with Crippen molar-refractivity contribution in [1.29, 1.82) is 0 Å². The zero-order chi connectivity index (χ0) is 21.1. The molecule has 2 aliphatic rings. The Bertz CT molecular complexity index is 970. The molecule has 4 rings (SSSR count). The van der Waals surface area contributed by atoms with Crippen molar-refractivity contribution in [3.05, 3.63) is 70.2 Å². The monoisotopic (exact) mass is 442 g/mol. The van der Waals surface area contributed by atoms with Crippen molar-refractivity contribution in [2.75, 3.05) is 5.32 Å². The highest BCUT2D eigenvalue weighted by Gasteiger charge is 2.52. The van der Waals surface area contributed by atoms with E-state index in [2.05, 4.69) is 5.32 Å². The fraction of sp³-hybridized carbons (Fsp3) is 0.333. The van der Waals surface area contributed by atoms with Crippen molar-refractivity contribution in [3.63, 3.8) is 0 Å². The molecule has 1 heterocycles. The molecule has 1 aliphatic carbocycles. The molecule has 30 heavy (non-hydrogen) atoms. The number of amides is 2. The van der Waals surface area contributed by atoms with Gasteiger partial charge in [-0.15, -0.1) is 0 Å². The summed E-state index contributed by atoms with van der Waals surface area (Å²) in [7, 11) is 0. The summed E-state index contributed by atoms with van der Waals surface area (Å²) in [6, 6.07) is 14.9. The van der Waals surface area contributed by atoms with Crippen LogP contribution in [0.4, 0.5) is 5.69 Å². The average molecular weight is 443 g/mol. The maximum absolute atomic E-state index is 13.6. The number of carbonyl (C=O) groups excluding carboxylic acids is 2. The molecule has 156 valence electrons. The molecule has 1 aliphatic heterocycles. The molecule has 2 aromatic carbocycles. The summed E-state index contributed by atoms with van der Waals surface area (Å²) in [4.78, 5) is 28.2. The van der Waals surface area contributed by atoms with Crippen LogP contribution >= 0.6 is 23.2 Å². The van der Waals surface area contributed by atoms with Gasteiger partial charge in [0.25, 0.3) is 5.91 Å². The molecule has 0 bridgehead atoms. The number of halogens is 2. The number of anilines is 1. The molecule has 1 saturated carbocycles. The number of likely N-dealkylation sites (tertiary alicyclic amines) is 1. The van der Waals surface area contributed by atoms with E-state index in [1.165, 1.54) is 4.90 Å². The highest BCUT2D eigenvalue weighted by atomic mass is 35.5. The minimum atomic E-state index is -1.15. The standard InChI is InChI=1S/C24H24Cl2N2O2/c25-20-12-11-18(15-21(20)26)27-24(14-13-17-7-3-1-4-8-17)16-22(29)28(23(24)30)19-9-5-2-6-10-19/h1,3-4,7-8,11-15,19,27H,2,5-6,9-10,16H2/b14-13+/t24-/m0/s1. The first-order valence-corrected chi connectivity index (χ1v) is 11.1. The first-order chi connectivity index (χ1) is 14.5. The summed E-state index contributed by atoms with van der Waals surface area (Å²) in [5.74, 6) is -0.324. The van der Waals surface area contributed by atoms with Crippen molar-refractivity contribution in [3.8, 4) is 0 Å². The van der Waals surface area contributed by atoms with Crippen molar-refractivity contribution < 1.29 is 9.59 Å². The first-order valence-electron chi connectivity index (χ1n) is 10.3. The zero-order valence-electron chi connectivity index (χ0n) is 16.6. The predicted molar refractivity (Wildman–Crippen MR) is 122 cm³/mol. The first kappa shape index (κ1) is 21.0. The van der Waals surface area contributed by atoms with Crippen molar-refractivity contribution >= 4 is 46.8 Å². The number of rotatable bonds is 5. The highest BCUT2D eigenvalue weighted by Crippen LogP contribution is 2.36. The quantitative estimate of drug-likeness (QED) is 0.581. The van der Waals surface area contributed by atoms with Crippen molar-refractivity contribution in [2.24, 2.45) is 0 Å². The largest absolute Gasteiger partial charge is 0.368 e. The van der Waals surface area contributed by atoms with E-state index in [0.717, 1.165) is 37.7 Å². The van der Waals surface area contributed by atoms with E-state index in [1.807, 2.05) is 42.5 Å². The van der Waals surface area contributed by atoms with Gasteiger partial charge in [0, 0.05) is 11.7 Å².